The summed E-state index contributed by atoms with van der Waals surface area (Å²) in [6.07, 6.45) is 1.09. The van der Waals surface area contributed by atoms with Crippen LogP contribution in [-0.4, -0.2) is 61.9 Å². The number of carbonyl (C=O) groups is 1. The lowest BCUT2D eigenvalue weighted by Gasteiger charge is -2.34. The molecule has 0 amide bonds. The minimum atomic E-state index is -3.90. The molecule has 0 spiro atoms. The second-order valence-corrected chi connectivity index (χ2v) is 11.2. The molecule has 2 aliphatic rings. The summed E-state index contributed by atoms with van der Waals surface area (Å²) in [7, 11) is -3.90. The lowest BCUT2D eigenvalue weighted by Crippen LogP contribution is -2.44. The molecule has 0 aromatic carbocycles. The van der Waals surface area contributed by atoms with Crippen molar-refractivity contribution in [2.45, 2.75) is 70.5 Å². The number of halogens is 1. The predicted octanol–water partition coefficient (Wildman–Crippen LogP) is 3.55. The quantitative estimate of drug-likeness (QED) is 0.315. The number of hydrogen-bond acceptors (Lipinski definition) is 10. The number of phosphoric ester groups is 1. The molecule has 33 heavy (non-hydrogen) atoms. The highest BCUT2D eigenvalue weighted by Gasteiger charge is 2.60. The average molecular weight is 503 g/mol. The number of alkyl halides is 1. The molecular weight excluding hydrogens is 475 g/mol. The number of nitrogens with zero attached hydrogens (tertiary/aromatic N) is 4. The second kappa shape index (κ2) is 9.20. The summed E-state index contributed by atoms with van der Waals surface area (Å²) in [6.45, 7) is 8.82. The van der Waals surface area contributed by atoms with Gasteiger partial charge in [-0.05, 0) is 34.1 Å². The van der Waals surface area contributed by atoms with Gasteiger partial charge in [-0.1, -0.05) is 6.92 Å². The van der Waals surface area contributed by atoms with Crippen LogP contribution in [0.2, 0.25) is 0 Å². The third kappa shape index (κ3) is 4.80. The van der Waals surface area contributed by atoms with Crippen LogP contribution in [0.3, 0.4) is 0 Å². The van der Waals surface area contributed by atoms with Gasteiger partial charge in [0.15, 0.2) is 11.9 Å². The van der Waals surface area contributed by atoms with E-state index < -0.39 is 37.1 Å². The maximum atomic E-state index is 13.1. The number of aromatic nitrogens is 4. The Morgan fingerprint density at radius 2 is 2.12 bits per heavy atom. The molecule has 2 aliphatic heterocycles. The first-order chi connectivity index (χ1) is 15.5. The van der Waals surface area contributed by atoms with Crippen LogP contribution in [0, 0.1) is 12.8 Å². The van der Waals surface area contributed by atoms with E-state index in [0.29, 0.717) is 17.6 Å². The highest BCUT2D eigenvalue weighted by molar-refractivity contribution is 7.48. The van der Waals surface area contributed by atoms with Crippen molar-refractivity contribution in [3.63, 3.8) is 0 Å². The lowest BCUT2D eigenvalue weighted by atomic mass is 10.0. The Morgan fingerprint density at radius 1 is 1.36 bits per heavy atom. The van der Waals surface area contributed by atoms with Crippen molar-refractivity contribution < 1.29 is 32.4 Å². The fraction of sp³-hybridized carbons (Fsp3) is 0.700. The van der Waals surface area contributed by atoms with Crippen molar-refractivity contribution in [1.82, 2.24) is 19.5 Å². The fourth-order valence-corrected chi connectivity index (χ4v) is 5.75. The molecule has 0 N–H and O–H groups in total. The van der Waals surface area contributed by atoms with Gasteiger partial charge in [-0.2, -0.15) is 0 Å². The number of ether oxygens (including phenoxy) is 2. The molecule has 0 saturated carbocycles. The number of hydrogen-bond donors (Lipinski definition) is 0. The van der Waals surface area contributed by atoms with Gasteiger partial charge in [0, 0.05) is 0 Å². The molecule has 0 radical (unpaired) electrons. The third-order valence-corrected chi connectivity index (χ3v) is 7.52. The molecule has 1 unspecified atom stereocenters. The lowest BCUT2D eigenvalue weighted by molar-refractivity contribution is -0.152. The topological polar surface area (TPSA) is 124 Å². The van der Waals surface area contributed by atoms with Crippen LogP contribution in [-0.2, 0) is 32.4 Å². The molecule has 6 atom stereocenters. The highest BCUT2D eigenvalue weighted by atomic mass is 35.5. The molecule has 2 aromatic rings. The number of phosphoric acid groups is 1. The molecule has 182 valence electrons. The Kier molecular flexibility index (Phi) is 6.83. The number of carbonyl (C=O) groups excluding carboxylic acids is 1. The van der Waals surface area contributed by atoms with Gasteiger partial charge in [-0.15, -0.1) is 11.6 Å². The van der Waals surface area contributed by atoms with Gasteiger partial charge in [0.1, 0.15) is 28.9 Å². The van der Waals surface area contributed by atoms with E-state index >= 15 is 0 Å². The van der Waals surface area contributed by atoms with Gasteiger partial charge in [-0.25, -0.2) is 19.5 Å². The normalized spacial score (nSPS) is 32.8. The fourth-order valence-electron chi connectivity index (χ4n) is 3.86. The summed E-state index contributed by atoms with van der Waals surface area (Å²) in [5.41, 5.74) is 1.94. The van der Waals surface area contributed by atoms with Gasteiger partial charge < -0.3 is 9.47 Å². The van der Waals surface area contributed by atoms with E-state index in [4.69, 9.17) is 34.6 Å². The zero-order valence-corrected chi connectivity index (χ0v) is 20.8. The van der Waals surface area contributed by atoms with Crippen LogP contribution >= 0.6 is 19.4 Å². The van der Waals surface area contributed by atoms with Crippen LogP contribution in [0.15, 0.2) is 12.7 Å². The molecule has 2 fully saturated rings. The van der Waals surface area contributed by atoms with Gasteiger partial charge in [0.2, 0.25) is 0 Å². The maximum Gasteiger partial charge on any atom is 0.475 e. The van der Waals surface area contributed by atoms with Gasteiger partial charge in [0.05, 0.1) is 37.3 Å². The van der Waals surface area contributed by atoms with E-state index in [1.165, 1.54) is 6.33 Å². The van der Waals surface area contributed by atoms with E-state index in [9.17, 15) is 9.36 Å². The number of aryl methyl sites for hydroxylation is 1. The van der Waals surface area contributed by atoms with Crippen LogP contribution in [0.5, 0.6) is 0 Å². The summed E-state index contributed by atoms with van der Waals surface area (Å²) < 4.78 is 42.7. The maximum absolute atomic E-state index is 13.1. The molecule has 0 aliphatic carbocycles. The van der Waals surface area contributed by atoms with Crippen molar-refractivity contribution >= 4 is 36.6 Å². The molecule has 2 saturated heterocycles. The number of imidazole rings is 1. The van der Waals surface area contributed by atoms with Crippen molar-refractivity contribution in [3.05, 3.63) is 18.3 Å². The molecule has 13 heteroatoms. The molecule has 4 heterocycles. The second-order valence-electron chi connectivity index (χ2n) is 8.74. The molecule has 0 bridgehead atoms. The van der Waals surface area contributed by atoms with Gasteiger partial charge in [0.25, 0.3) is 0 Å². The minimum absolute atomic E-state index is 0.00529. The third-order valence-electron chi connectivity index (χ3n) is 5.67. The Labute approximate surface area is 196 Å². The first-order valence-electron chi connectivity index (χ1n) is 10.8. The van der Waals surface area contributed by atoms with Gasteiger partial charge >= 0.3 is 13.8 Å². The van der Waals surface area contributed by atoms with E-state index in [0.717, 1.165) is 5.69 Å². The predicted molar refractivity (Wildman–Crippen MR) is 118 cm³/mol. The van der Waals surface area contributed by atoms with Crippen molar-refractivity contribution in [1.29, 1.82) is 0 Å². The Hall–Kier alpha value is -1.62. The zero-order valence-electron chi connectivity index (χ0n) is 19.1. The van der Waals surface area contributed by atoms with Crippen molar-refractivity contribution in [2.75, 3.05) is 13.2 Å². The van der Waals surface area contributed by atoms with Gasteiger partial charge in [-0.3, -0.25) is 22.9 Å². The molecule has 11 nitrogen and oxygen atoms in total. The summed E-state index contributed by atoms with van der Waals surface area (Å²) in [5, 5.41) is 0. The molecule has 2 aromatic heterocycles. The number of esters is 1. The largest absolute Gasteiger partial charge is 0.475 e. The van der Waals surface area contributed by atoms with Crippen molar-refractivity contribution in [3.8, 4) is 0 Å². The summed E-state index contributed by atoms with van der Waals surface area (Å²) in [6, 6.07) is 0. The Balaban J connectivity index is 1.43. The van der Waals surface area contributed by atoms with Crippen LogP contribution in [0.1, 0.15) is 46.0 Å². The van der Waals surface area contributed by atoms with Crippen molar-refractivity contribution in [2.24, 2.45) is 5.92 Å². The number of fused-ring (bicyclic) bond motifs is 2. The van der Waals surface area contributed by atoms with Crippen LogP contribution < -0.4 is 0 Å². The SMILES string of the molecule is Cc1ncnc2c1ncn2[C@@H]1O[C@@H]2CO[P@@](=O)(OCCC(C)C(=O)OC(C)C)O[C@H]2[C@@]1(C)Cl. The molecular formula is C20H28ClN4O7P. The number of rotatable bonds is 7. The van der Waals surface area contributed by atoms with Crippen LogP contribution in [0.25, 0.3) is 11.2 Å². The smallest absolute Gasteiger partial charge is 0.463 e. The first-order valence-corrected chi connectivity index (χ1v) is 12.6. The average Bonchev–Trinajstić information content (AvgIpc) is 3.27. The van der Waals surface area contributed by atoms with E-state index in [1.807, 2.05) is 6.92 Å². The zero-order chi connectivity index (χ0) is 24.0. The Bertz CT molecular complexity index is 1080. The summed E-state index contributed by atoms with van der Waals surface area (Å²) in [4.78, 5) is 23.7. The minimum Gasteiger partial charge on any atom is -0.463 e. The highest BCUT2D eigenvalue weighted by Crippen LogP contribution is 2.60. The first kappa shape index (κ1) is 24.5. The summed E-state index contributed by atoms with van der Waals surface area (Å²) >= 11 is 6.91. The Morgan fingerprint density at radius 3 is 2.85 bits per heavy atom. The van der Waals surface area contributed by atoms with Crippen LogP contribution in [0.4, 0.5) is 0 Å². The standard InChI is InChI=1S/C20H28ClN4O7P/c1-11(2)30-18(26)12(3)6-7-28-33(27)29-8-14-16(32-33)20(5,21)19(31-14)25-10-24-15-13(4)22-9-23-17(15)25/h9-12,14,16,19H,6-8H2,1-5H3/t12?,14-,16-,19-,20-,33-/m1/s1. The summed E-state index contributed by atoms with van der Waals surface area (Å²) in [5.74, 6) is -0.765. The molecule has 4 rings (SSSR count). The van der Waals surface area contributed by atoms with E-state index in [-0.39, 0.29) is 25.3 Å². The monoisotopic (exact) mass is 502 g/mol. The van der Waals surface area contributed by atoms with E-state index in [1.54, 1.807) is 38.6 Å². The van der Waals surface area contributed by atoms with E-state index in [2.05, 4.69) is 15.0 Å².